The second-order valence-electron chi connectivity index (χ2n) is 9.99. The quantitative estimate of drug-likeness (QED) is 0.249. The largest absolute Gasteiger partial charge is 0.494 e. The zero-order valence-corrected chi connectivity index (χ0v) is 21.2. The number of benzene rings is 1. The van der Waals surface area contributed by atoms with Gasteiger partial charge in [0.25, 0.3) is 11.7 Å². The van der Waals surface area contributed by atoms with Crippen molar-refractivity contribution in [3.63, 3.8) is 0 Å². The van der Waals surface area contributed by atoms with Crippen molar-refractivity contribution < 1.29 is 14.3 Å². The first kappa shape index (κ1) is 23.2. The molecule has 7 rings (SSSR count). The number of methoxy groups -OCH3 is 1. The third-order valence-corrected chi connectivity index (χ3v) is 7.34. The molecule has 0 atom stereocenters. The molecule has 0 aliphatic carbocycles. The third kappa shape index (κ3) is 3.59. The lowest BCUT2D eigenvalue weighted by Gasteiger charge is -2.60. The number of aryl methyl sites for hydroxylation is 1. The maximum absolute atomic E-state index is 13.4. The normalized spacial score (nSPS) is 17.6. The number of nitrogens with zero attached hydrogens (tertiary/aromatic N) is 8. The fourth-order valence-corrected chi connectivity index (χ4v) is 5.52. The summed E-state index contributed by atoms with van der Waals surface area (Å²) in [5, 5.41) is 11.1. The molecule has 0 saturated carbocycles. The molecule has 4 aromatic rings. The van der Waals surface area contributed by atoms with Crippen molar-refractivity contribution >= 4 is 34.2 Å². The number of likely N-dealkylation sites (tertiary alicyclic amines) is 2. The molecule has 14 heteroatoms. The summed E-state index contributed by atoms with van der Waals surface area (Å²) in [6, 6.07) is 9.88. The van der Waals surface area contributed by atoms with Crippen molar-refractivity contribution in [3.8, 4) is 11.6 Å². The predicted octanol–water partition coefficient (Wildman–Crippen LogP) is 0.588. The van der Waals surface area contributed by atoms with Crippen LogP contribution >= 0.6 is 0 Å². The van der Waals surface area contributed by atoms with E-state index in [0.717, 1.165) is 24.7 Å². The van der Waals surface area contributed by atoms with E-state index in [4.69, 9.17) is 4.74 Å². The number of hydrazone groups is 1. The van der Waals surface area contributed by atoms with Gasteiger partial charge in [-0.25, -0.2) is 25.2 Å². The second kappa shape index (κ2) is 8.52. The van der Waals surface area contributed by atoms with E-state index >= 15 is 0 Å². The van der Waals surface area contributed by atoms with Crippen LogP contribution in [0.3, 0.4) is 0 Å². The number of aromatic nitrogens is 5. The van der Waals surface area contributed by atoms with Crippen LogP contribution in [0.4, 0.5) is 5.69 Å². The summed E-state index contributed by atoms with van der Waals surface area (Å²) in [4.78, 5) is 42.0. The molecule has 198 valence electrons. The predicted molar refractivity (Wildman–Crippen MR) is 140 cm³/mol. The number of para-hydroxylation sites is 1. The number of anilines is 1. The van der Waals surface area contributed by atoms with Crippen molar-refractivity contribution in [1.29, 1.82) is 0 Å². The summed E-state index contributed by atoms with van der Waals surface area (Å²) in [6.07, 6.45) is 4.58. The number of ketones is 1. The zero-order valence-electron chi connectivity index (χ0n) is 21.2. The number of hydrogen-bond donors (Lipinski definition) is 3. The minimum Gasteiger partial charge on any atom is -0.494 e. The maximum atomic E-state index is 13.4. The Morgan fingerprint density at radius 3 is 2.59 bits per heavy atom. The molecule has 3 aromatic heterocycles. The highest BCUT2D eigenvalue weighted by Crippen LogP contribution is 2.41. The number of ether oxygens (including phenoxy) is 1. The molecular weight excluding hydrogens is 502 g/mol. The lowest BCUT2D eigenvalue weighted by Crippen LogP contribution is -2.75. The molecule has 0 radical (unpaired) electrons. The lowest BCUT2D eigenvalue weighted by atomic mass is 9.72. The number of fused-ring (bicyclic) bond motifs is 1. The van der Waals surface area contributed by atoms with E-state index in [2.05, 4.69) is 41.1 Å². The number of H-pyrrole nitrogens is 1. The molecule has 0 bridgehead atoms. The monoisotopic (exact) mass is 527 g/mol. The molecule has 6 heterocycles. The van der Waals surface area contributed by atoms with E-state index in [-0.39, 0.29) is 11.0 Å². The highest BCUT2D eigenvalue weighted by Gasteiger charge is 2.55. The van der Waals surface area contributed by atoms with Crippen LogP contribution in [0.15, 0.2) is 54.2 Å². The van der Waals surface area contributed by atoms with Gasteiger partial charge in [0.15, 0.2) is 5.82 Å². The molecule has 2 saturated heterocycles. The number of amides is 1. The zero-order chi connectivity index (χ0) is 26.7. The molecule has 39 heavy (non-hydrogen) atoms. The van der Waals surface area contributed by atoms with Crippen LogP contribution < -0.4 is 20.8 Å². The van der Waals surface area contributed by atoms with E-state index in [9.17, 15) is 9.59 Å². The minimum absolute atomic E-state index is 0.0522. The Bertz CT molecular complexity index is 1630. The van der Waals surface area contributed by atoms with Crippen LogP contribution in [0.25, 0.3) is 16.7 Å². The average Bonchev–Trinajstić information content (AvgIpc) is 3.66. The Labute approximate surface area is 222 Å². The first-order valence-electron chi connectivity index (χ1n) is 12.4. The Morgan fingerprint density at radius 1 is 1.08 bits per heavy atom. The van der Waals surface area contributed by atoms with Crippen LogP contribution in [0.5, 0.6) is 5.75 Å². The summed E-state index contributed by atoms with van der Waals surface area (Å²) >= 11 is 0. The smallest absolute Gasteiger partial charge is 0.295 e. The molecule has 0 unspecified atom stereocenters. The van der Waals surface area contributed by atoms with Gasteiger partial charge >= 0.3 is 0 Å². The van der Waals surface area contributed by atoms with Gasteiger partial charge in [-0.05, 0) is 19.1 Å². The van der Waals surface area contributed by atoms with Crippen molar-refractivity contribution in [2.75, 3.05) is 38.3 Å². The van der Waals surface area contributed by atoms with Gasteiger partial charge in [0.05, 0.1) is 35.5 Å². The van der Waals surface area contributed by atoms with E-state index in [1.807, 2.05) is 35.3 Å². The Hall–Kier alpha value is -4.98. The van der Waals surface area contributed by atoms with Gasteiger partial charge in [-0.1, -0.05) is 18.2 Å². The van der Waals surface area contributed by atoms with Crippen LogP contribution in [-0.4, -0.2) is 85.5 Å². The number of nitrogens with one attached hydrogen (secondary N) is 3. The summed E-state index contributed by atoms with van der Waals surface area (Å²) in [6.45, 7) is 4.28. The first-order chi connectivity index (χ1) is 19.0. The van der Waals surface area contributed by atoms with Crippen molar-refractivity contribution in [2.24, 2.45) is 10.5 Å². The third-order valence-electron chi connectivity index (χ3n) is 7.34. The Morgan fingerprint density at radius 2 is 1.87 bits per heavy atom. The molecule has 3 aliphatic rings. The van der Waals surface area contributed by atoms with Gasteiger partial charge in [-0.2, -0.15) is 5.10 Å². The van der Waals surface area contributed by atoms with Gasteiger partial charge in [0.2, 0.25) is 5.96 Å². The maximum Gasteiger partial charge on any atom is 0.295 e. The molecule has 1 aromatic carbocycles. The fourth-order valence-electron chi connectivity index (χ4n) is 5.52. The van der Waals surface area contributed by atoms with Crippen LogP contribution in [0.2, 0.25) is 0 Å². The number of carbonyl (C=O) groups is 2. The number of hydrazine groups is 2. The van der Waals surface area contributed by atoms with E-state index in [0.29, 0.717) is 41.4 Å². The van der Waals surface area contributed by atoms with Gasteiger partial charge in [-0.3, -0.25) is 9.59 Å². The highest BCUT2D eigenvalue weighted by atomic mass is 16.5. The summed E-state index contributed by atoms with van der Waals surface area (Å²) in [7, 11) is 1.50. The number of hydrogen-bond acceptors (Lipinski definition) is 11. The fraction of sp³-hybridized carbons (Fsp3) is 0.280. The standard InChI is InChI=1S/C25H25N11O3/c1-15-28-14-35(30-15)22-20-19(18(39-2)9-27-22)17(8-26-20)21(37)23(38)33-10-25(11-33)12-34(13-25)24-29-31-32-36(24)16-6-4-3-5-7-16/h3-9,14,26,31-32H,10-13H2,1-2H3. The molecule has 2 fully saturated rings. The summed E-state index contributed by atoms with van der Waals surface area (Å²) < 4.78 is 7.00. The number of Topliss-reactive ketones (excluding diaryl/α,β-unsaturated/α-hetero) is 1. The van der Waals surface area contributed by atoms with E-state index in [1.54, 1.807) is 18.2 Å². The number of guanidine groups is 1. The molecule has 1 spiro atoms. The van der Waals surface area contributed by atoms with E-state index in [1.165, 1.54) is 24.2 Å². The molecule has 3 N–H and O–H groups in total. The topological polar surface area (TPSA) is 149 Å². The Balaban J connectivity index is 1.05. The van der Waals surface area contributed by atoms with Crippen LogP contribution in [0, 0.1) is 12.3 Å². The molecule has 1 amide bonds. The van der Waals surface area contributed by atoms with Crippen molar-refractivity contribution in [1.82, 2.24) is 45.6 Å². The van der Waals surface area contributed by atoms with Crippen molar-refractivity contribution in [3.05, 3.63) is 60.4 Å². The molecule has 3 aliphatic heterocycles. The van der Waals surface area contributed by atoms with Crippen LogP contribution in [0.1, 0.15) is 16.2 Å². The van der Waals surface area contributed by atoms with Crippen LogP contribution in [-0.2, 0) is 4.79 Å². The molecular formula is C25H25N11O3. The van der Waals surface area contributed by atoms with Gasteiger partial charge in [-0.15, -0.1) is 10.6 Å². The number of carbonyl (C=O) groups excluding carboxylic acids is 2. The highest BCUT2D eigenvalue weighted by molar-refractivity contribution is 6.45. The van der Waals surface area contributed by atoms with E-state index < -0.39 is 11.7 Å². The van der Waals surface area contributed by atoms with Crippen molar-refractivity contribution in [2.45, 2.75) is 6.92 Å². The van der Waals surface area contributed by atoms with Gasteiger partial charge < -0.3 is 19.5 Å². The summed E-state index contributed by atoms with van der Waals surface area (Å²) in [5.74, 6) is 1.07. The Kier molecular flexibility index (Phi) is 5.06. The van der Waals surface area contributed by atoms with Gasteiger partial charge in [0, 0.05) is 37.8 Å². The number of rotatable bonds is 5. The number of aromatic amines is 1. The molecule has 14 nitrogen and oxygen atoms in total. The summed E-state index contributed by atoms with van der Waals surface area (Å²) in [5.41, 5.74) is 7.53. The minimum atomic E-state index is -0.596. The second-order valence-corrected chi connectivity index (χ2v) is 9.99. The van der Waals surface area contributed by atoms with Gasteiger partial charge in [0.1, 0.15) is 17.9 Å². The SMILES string of the molecule is COc1cnc(-n2cnc(C)n2)c2[nH]cc(C(=O)C(=O)N3CC4(C3)CN(C3=NNNN3c3ccccc3)C4)c12. The number of pyridine rings is 1. The lowest BCUT2D eigenvalue weighted by molar-refractivity contribution is -0.147. The first-order valence-corrected chi connectivity index (χ1v) is 12.4. The average molecular weight is 528 g/mol.